The Morgan fingerprint density at radius 1 is 0.974 bits per heavy atom. The fraction of sp³-hybridized carbons (Fsp3) is 0.290. The van der Waals surface area contributed by atoms with Crippen molar-refractivity contribution in [3.8, 4) is 11.5 Å². The number of ether oxygens (including phenoxy) is 2. The number of hydrogen-bond acceptors (Lipinski definition) is 4. The second kappa shape index (κ2) is 11.3. The van der Waals surface area contributed by atoms with Crippen molar-refractivity contribution >= 4 is 30.4 Å². The van der Waals surface area contributed by atoms with Gasteiger partial charge in [-0.25, -0.2) is 8.78 Å². The minimum absolute atomic E-state index is 0. The summed E-state index contributed by atoms with van der Waals surface area (Å²) in [4.78, 5) is 2.44. The summed E-state index contributed by atoms with van der Waals surface area (Å²) in [7, 11) is 0. The van der Waals surface area contributed by atoms with Crippen molar-refractivity contribution < 1.29 is 23.4 Å². The first-order chi connectivity index (χ1) is 18.1. The van der Waals surface area contributed by atoms with Crippen LogP contribution in [0.25, 0.3) is 18.0 Å². The van der Waals surface area contributed by atoms with Crippen molar-refractivity contribution in [2.24, 2.45) is 0 Å². The van der Waals surface area contributed by atoms with Gasteiger partial charge in [-0.3, -0.25) is 4.90 Å². The van der Waals surface area contributed by atoms with Crippen LogP contribution in [-0.4, -0.2) is 36.2 Å². The molecule has 3 aromatic rings. The van der Waals surface area contributed by atoms with Gasteiger partial charge in [-0.05, 0) is 83.1 Å². The summed E-state index contributed by atoms with van der Waals surface area (Å²) in [5.41, 5.74) is 1.50. The molecule has 1 atom stereocenters. The van der Waals surface area contributed by atoms with Gasteiger partial charge in [-0.15, -0.1) is 12.4 Å². The molecule has 2 aliphatic heterocycles. The second-order valence-electron chi connectivity index (χ2n) is 9.83. The first-order valence-corrected chi connectivity index (χ1v) is 12.9. The van der Waals surface area contributed by atoms with Gasteiger partial charge in [0.05, 0.1) is 6.61 Å². The van der Waals surface area contributed by atoms with Gasteiger partial charge in [0.25, 0.3) is 0 Å². The third kappa shape index (κ3) is 5.08. The second-order valence-corrected chi connectivity index (χ2v) is 9.83. The molecule has 38 heavy (non-hydrogen) atoms. The number of benzene rings is 3. The zero-order valence-electron chi connectivity index (χ0n) is 21.0. The molecule has 0 radical (unpaired) electrons. The van der Waals surface area contributed by atoms with Crippen LogP contribution in [0.4, 0.5) is 8.78 Å². The van der Waals surface area contributed by atoms with E-state index in [0.29, 0.717) is 27.8 Å². The van der Waals surface area contributed by atoms with Gasteiger partial charge in [0, 0.05) is 17.3 Å². The van der Waals surface area contributed by atoms with Crippen molar-refractivity contribution in [1.82, 2.24) is 4.90 Å². The molecular formula is C31H30ClF2NO3. The molecule has 2 heterocycles. The molecule has 1 saturated heterocycles. The van der Waals surface area contributed by atoms with E-state index in [2.05, 4.69) is 4.90 Å². The van der Waals surface area contributed by atoms with E-state index in [1.807, 2.05) is 30.3 Å². The van der Waals surface area contributed by atoms with Crippen LogP contribution in [0.2, 0.25) is 0 Å². The smallest absolute Gasteiger partial charge is 0.167 e. The van der Waals surface area contributed by atoms with Crippen LogP contribution in [0.3, 0.4) is 0 Å². The maximum Gasteiger partial charge on any atom is 0.167 e. The lowest BCUT2D eigenvalue weighted by molar-refractivity contribution is 0.0756. The van der Waals surface area contributed by atoms with E-state index in [-0.39, 0.29) is 41.6 Å². The molecule has 0 bridgehead atoms. The van der Waals surface area contributed by atoms with Crippen molar-refractivity contribution in [2.75, 3.05) is 26.2 Å². The number of phenols is 1. The van der Waals surface area contributed by atoms with Crippen LogP contribution < -0.4 is 15.2 Å². The Kier molecular flexibility index (Phi) is 7.84. The average Bonchev–Trinajstić information content (AvgIpc) is 3.04. The minimum atomic E-state index is -0.986. The summed E-state index contributed by atoms with van der Waals surface area (Å²) < 4.78 is 42.1. The van der Waals surface area contributed by atoms with Gasteiger partial charge >= 0.3 is 0 Å². The summed E-state index contributed by atoms with van der Waals surface area (Å²) in [5.74, 6) is -1.23. The lowest BCUT2D eigenvalue weighted by atomic mass is 9.95. The number of halogens is 3. The SMILES string of the molecule is Cl.Oc1cc2c(c3c1=c1ccccc1=CC(F)=C3F)COC(c1ccc(OCCN3CCCCC3)cc1)C=2. The summed E-state index contributed by atoms with van der Waals surface area (Å²) in [6.45, 7) is 3.97. The number of aromatic hydroxyl groups is 1. The topological polar surface area (TPSA) is 41.9 Å². The van der Waals surface area contributed by atoms with Gasteiger partial charge in [-0.2, -0.15) is 0 Å². The Morgan fingerprint density at radius 2 is 1.74 bits per heavy atom. The normalized spacial score (nSPS) is 18.6. The highest BCUT2D eigenvalue weighted by Gasteiger charge is 2.24. The Hall–Kier alpha value is -3.19. The number of fused-ring (bicyclic) bond motifs is 4. The number of piperidine rings is 1. The summed E-state index contributed by atoms with van der Waals surface area (Å²) in [5, 5.41) is 13.0. The molecule has 1 fully saturated rings. The molecule has 0 spiro atoms. The molecule has 0 saturated carbocycles. The number of phenolic OH excluding ortho intramolecular Hbond substituents is 1. The summed E-state index contributed by atoms with van der Waals surface area (Å²) in [6, 6.07) is 16.4. The first-order valence-electron chi connectivity index (χ1n) is 12.9. The van der Waals surface area contributed by atoms with Crippen LogP contribution in [0.15, 0.2) is 60.4 Å². The third-order valence-corrected chi connectivity index (χ3v) is 7.46. The van der Waals surface area contributed by atoms with Gasteiger partial charge in [-0.1, -0.05) is 42.8 Å². The van der Waals surface area contributed by atoms with Crippen LogP contribution in [0, 0.1) is 10.4 Å². The fourth-order valence-electron chi connectivity index (χ4n) is 5.52. The largest absolute Gasteiger partial charge is 0.507 e. The maximum absolute atomic E-state index is 15.3. The molecule has 1 unspecified atom stereocenters. The van der Waals surface area contributed by atoms with Crippen molar-refractivity contribution in [2.45, 2.75) is 32.0 Å². The molecule has 198 valence electrons. The highest BCUT2D eigenvalue weighted by Crippen LogP contribution is 2.34. The van der Waals surface area contributed by atoms with E-state index in [4.69, 9.17) is 9.47 Å². The van der Waals surface area contributed by atoms with Crippen molar-refractivity contribution in [3.05, 3.63) is 98.0 Å². The lowest BCUT2D eigenvalue weighted by Crippen LogP contribution is -2.33. The Labute approximate surface area is 226 Å². The molecule has 3 aliphatic rings. The standard InChI is InChI=1S/C31H29F2NO3.ClH/c32-26-16-21-6-2-3-7-24(21)29-27(35)17-22-18-28(37-19-25(22)30(29)31(26)33)20-8-10-23(11-9-20)36-15-14-34-12-4-1-5-13-34;/h2-3,6-11,16-18,28,35H,1,4-5,12-15,19H2;1H. The van der Waals surface area contributed by atoms with Crippen LogP contribution in [0.1, 0.15) is 42.1 Å². The zero-order chi connectivity index (χ0) is 25.4. The van der Waals surface area contributed by atoms with Crippen molar-refractivity contribution in [1.29, 1.82) is 0 Å². The maximum atomic E-state index is 15.3. The Morgan fingerprint density at radius 3 is 2.53 bits per heavy atom. The first kappa shape index (κ1) is 26.4. The van der Waals surface area contributed by atoms with E-state index in [1.165, 1.54) is 25.3 Å². The quantitative estimate of drug-likeness (QED) is 0.472. The molecule has 7 heteroatoms. The molecule has 1 N–H and O–H groups in total. The molecule has 0 amide bonds. The van der Waals surface area contributed by atoms with Crippen LogP contribution in [-0.2, 0) is 11.3 Å². The van der Waals surface area contributed by atoms with Gasteiger partial charge in [0.2, 0.25) is 0 Å². The van der Waals surface area contributed by atoms with Crippen LogP contribution in [0.5, 0.6) is 11.5 Å². The monoisotopic (exact) mass is 537 g/mol. The predicted octanol–water partition coefficient (Wildman–Crippen LogP) is 5.42. The van der Waals surface area contributed by atoms with E-state index in [1.54, 1.807) is 30.3 Å². The minimum Gasteiger partial charge on any atom is -0.507 e. The zero-order valence-corrected chi connectivity index (χ0v) is 21.8. The van der Waals surface area contributed by atoms with Gasteiger partial charge < -0.3 is 14.6 Å². The van der Waals surface area contributed by atoms with Gasteiger partial charge in [0.15, 0.2) is 11.7 Å². The highest BCUT2D eigenvalue weighted by molar-refractivity contribution is 5.85. The number of allylic oxidation sites excluding steroid dienone is 1. The van der Waals surface area contributed by atoms with Crippen LogP contribution >= 0.6 is 12.4 Å². The van der Waals surface area contributed by atoms with Crippen molar-refractivity contribution in [3.63, 3.8) is 0 Å². The fourth-order valence-corrected chi connectivity index (χ4v) is 5.52. The van der Waals surface area contributed by atoms with E-state index in [9.17, 15) is 9.50 Å². The number of hydrogen-bond donors (Lipinski definition) is 1. The van der Waals surface area contributed by atoms with E-state index < -0.39 is 11.7 Å². The number of rotatable bonds is 5. The Balaban J connectivity index is 0.00000294. The molecule has 1 aliphatic carbocycles. The van der Waals surface area contributed by atoms with E-state index >= 15 is 4.39 Å². The molecule has 6 rings (SSSR count). The summed E-state index contributed by atoms with van der Waals surface area (Å²) in [6.07, 6.45) is 6.48. The number of likely N-dealkylation sites (tertiary alicyclic amines) is 1. The lowest BCUT2D eigenvalue weighted by Gasteiger charge is -2.26. The Bertz CT molecular complexity index is 1580. The average molecular weight is 538 g/mol. The molecular weight excluding hydrogens is 508 g/mol. The third-order valence-electron chi connectivity index (χ3n) is 7.46. The van der Waals surface area contributed by atoms with Gasteiger partial charge in [0.1, 0.15) is 24.2 Å². The number of nitrogens with zero attached hydrogens (tertiary/aromatic N) is 1. The summed E-state index contributed by atoms with van der Waals surface area (Å²) >= 11 is 0. The molecule has 4 nitrogen and oxygen atoms in total. The predicted molar refractivity (Wildman–Crippen MR) is 147 cm³/mol. The van der Waals surface area contributed by atoms with E-state index in [0.717, 1.165) is 30.9 Å². The molecule has 3 aromatic carbocycles. The molecule has 0 aromatic heterocycles. The highest BCUT2D eigenvalue weighted by atomic mass is 35.5.